The molecule has 3 unspecified atom stereocenters. The molecular formula is C13H24F3NO. The molecular weight excluding hydrogens is 243 g/mol. The van der Waals surface area contributed by atoms with Crippen molar-refractivity contribution in [2.75, 3.05) is 13.2 Å². The van der Waals surface area contributed by atoms with Gasteiger partial charge in [0, 0.05) is 12.6 Å². The van der Waals surface area contributed by atoms with Crippen molar-refractivity contribution in [1.29, 1.82) is 0 Å². The lowest BCUT2D eigenvalue weighted by Crippen LogP contribution is -2.39. The number of rotatable bonds is 6. The maximum Gasteiger partial charge on any atom is 0.391 e. The zero-order valence-electron chi connectivity index (χ0n) is 11.0. The fourth-order valence-electron chi connectivity index (χ4n) is 2.52. The monoisotopic (exact) mass is 267 g/mol. The minimum Gasteiger partial charge on any atom is -0.396 e. The van der Waals surface area contributed by atoms with E-state index in [1.165, 1.54) is 0 Å². The molecule has 0 aromatic carbocycles. The molecule has 2 N–H and O–H groups in total. The summed E-state index contributed by atoms with van der Waals surface area (Å²) in [5.41, 5.74) is 0. The Balaban J connectivity index is 2.18. The summed E-state index contributed by atoms with van der Waals surface area (Å²) in [6.07, 6.45) is -0.196. The normalized spacial score (nSPS) is 27.2. The molecule has 0 bridgehead atoms. The van der Waals surface area contributed by atoms with Gasteiger partial charge >= 0.3 is 6.18 Å². The first-order chi connectivity index (χ1) is 8.43. The van der Waals surface area contributed by atoms with Crippen molar-refractivity contribution in [3.8, 4) is 0 Å². The van der Waals surface area contributed by atoms with E-state index >= 15 is 0 Å². The van der Waals surface area contributed by atoms with Crippen molar-refractivity contribution < 1.29 is 18.3 Å². The second-order valence-electron chi connectivity index (χ2n) is 5.49. The summed E-state index contributed by atoms with van der Waals surface area (Å²) in [6, 6.07) is 0.00908. The van der Waals surface area contributed by atoms with E-state index in [4.69, 9.17) is 5.11 Å². The summed E-state index contributed by atoms with van der Waals surface area (Å²) >= 11 is 0. The molecule has 108 valence electrons. The van der Waals surface area contributed by atoms with Gasteiger partial charge in [-0.1, -0.05) is 13.3 Å². The van der Waals surface area contributed by atoms with E-state index in [2.05, 4.69) is 5.32 Å². The van der Waals surface area contributed by atoms with Gasteiger partial charge in [-0.2, -0.15) is 13.2 Å². The van der Waals surface area contributed by atoms with E-state index in [-0.39, 0.29) is 31.4 Å². The minimum atomic E-state index is -4.04. The average Bonchev–Trinajstić information content (AvgIpc) is 2.33. The van der Waals surface area contributed by atoms with Crippen LogP contribution in [0, 0.1) is 11.8 Å². The van der Waals surface area contributed by atoms with Crippen molar-refractivity contribution >= 4 is 0 Å². The summed E-state index contributed by atoms with van der Waals surface area (Å²) in [4.78, 5) is 0. The van der Waals surface area contributed by atoms with Crippen LogP contribution in [0.1, 0.15) is 45.4 Å². The van der Waals surface area contributed by atoms with Crippen LogP contribution in [0.25, 0.3) is 0 Å². The summed E-state index contributed by atoms with van der Waals surface area (Å²) in [7, 11) is 0. The number of aliphatic hydroxyl groups excluding tert-OH is 1. The Bertz CT molecular complexity index is 233. The highest BCUT2D eigenvalue weighted by atomic mass is 19.4. The van der Waals surface area contributed by atoms with Crippen LogP contribution >= 0.6 is 0 Å². The molecule has 0 aliphatic heterocycles. The van der Waals surface area contributed by atoms with Crippen LogP contribution in [-0.4, -0.2) is 30.5 Å². The van der Waals surface area contributed by atoms with Gasteiger partial charge in [-0.3, -0.25) is 0 Å². The third kappa shape index (κ3) is 5.57. The predicted octanol–water partition coefficient (Wildman–Crippen LogP) is 3.11. The van der Waals surface area contributed by atoms with Gasteiger partial charge < -0.3 is 10.4 Å². The molecule has 1 rings (SSSR count). The lowest BCUT2D eigenvalue weighted by Gasteiger charge is -2.31. The van der Waals surface area contributed by atoms with Crippen LogP contribution < -0.4 is 5.32 Å². The van der Waals surface area contributed by atoms with Gasteiger partial charge in [0.2, 0.25) is 0 Å². The molecule has 5 heteroatoms. The zero-order chi connectivity index (χ0) is 13.6. The second kappa shape index (κ2) is 7.34. The van der Waals surface area contributed by atoms with Gasteiger partial charge in [0.25, 0.3) is 0 Å². The smallest absolute Gasteiger partial charge is 0.391 e. The van der Waals surface area contributed by atoms with Gasteiger partial charge in [-0.05, 0) is 44.6 Å². The number of nitrogens with one attached hydrogen (secondary N) is 1. The standard InChI is InChI=1S/C13H24F3NO/c1-10(9-18)4-3-7-17-12-6-2-5-11(8-12)13(14,15)16/h10-12,17-18H,2-9H2,1H3. The van der Waals surface area contributed by atoms with Gasteiger partial charge in [-0.15, -0.1) is 0 Å². The van der Waals surface area contributed by atoms with Crippen molar-refractivity contribution in [3.63, 3.8) is 0 Å². The third-order valence-corrected chi connectivity index (χ3v) is 3.76. The zero-order valence-corrected chi connectivity index (χ0v) is 11.0. The quantitative estimate of drug-likeness (QED) is 0.725. The summed E-state index contributed by atoms with van der Waals surface area (Å²) in [5, 5.41) is 12.1. The fraction of sp³-hybridized carbons (Fsp3) is 1.00. The summed E-state index contributed by atoms with van der Waals surface area (Å²) in [5.74, 6) is -0.846. The molecule has 3 atom stereocenters. The van der Waals surface area contributed by atoms with Crippen LogP contribution in [0.15, 0.2) is 0 Å². The molecule has 1 fully saturated rings. The molecule has 1 saturated carbocycles. The van der Waals surface area contributed by atoms with E-state index in [0.717, 1.165) is 25.8 Å². The number of aliphatic hydroxyl groups is 1. The minimum absolute atomic E-state index is 0.00908. The van der Waals surface area contributed by atoms with E-state index in [1.807, 2.05) is 6.92 Å². The molecule has 18 heavy (non-hydrogen) atoms. The Morgan fingerprint density at radius 2 is 2.06 bits per heavy atom. The van der Waals surface area contributed by atoms with Gasteiger partial charge in [-0.25, -0.2) is 0 Å². The third-order valence-electron chi connectivity index (χ3n) is 3.76. The first-order valence-corrected chi connectivity index (χ1v) is 6.84. The molecule has 0 spiro atoms. The molecule has 1 aliphatic rings. The Kier molecular flexibility index (Phi) is 6.43. The van der Waals surface area contributed by atoms with Gasteiger partial charge in [0.1, 0.15) is 0 Å². The molecule has 0 aromatic rings. The van der Waals surface area contributed by atoms with E-state index < -0.39 is 12.1 Å². The topological polar surface area (TPSA) is 32.3 Å². The molecule has 0 radical (unpaired) electrons. The number of halogens is 3. The van der Waals surface area contributed by atoms with Crippen LogP contribution in [0.4, 0.5) is 13.2 Å². The van der Waals surface area contributed by atoms with E-state index in [9.17, 15) is 13.2 Å². The van der Waals surface area contributed by atoms with Crippen molar-refractivity contribution in [2.45, 2.75) is 57.7 Å². The maximum absolute atomic E-state index is 12.6. The molecule has 1 aliphatic carbocycles. The van der Waals surface area contributed by atoms with Crippen molar-refractivity contribution in [2.24, 2.45) is 11.8 Å². The lowest BCUT2D eigenvalue weighted by atomic mass is 9.85. The molecule has 0 heterocycles. The predicted molar refractivity (Wildman–Crippen MR) is 65.3 cm³/mol. The first kappa shape index (κ1) is 15.8. The number of alkyl halides is 3. The largest absolute Gasteiger partial charge is 0.396 e. The van der Waals surface area contributed by atoms with Crippen LogP contribution in [0.3, 0.4) is 0 Å². The Hall–Kier alpha value is -0.290. The van der Waals surface area contributed by atoms with Gasteiger partial charge in [0.15, 0.2) is 0 Å². The highest BCUT2D eigenvalue weighted by Gasteiger charge is 2.41. The number of hydrogen-bond acceptors (Lipinski definition) is 2. The highest BCUT2D eigenvalue weighted by Crippen LogP contribution is 2.37. The highest BCUT2D eigenvalue weighted by molar-refractivity contribution is 4.81. The Morgan fingerprint density at radius 1 is 1.33 bits per heavy atom. The van der Waals surface area contributed by atoms with Crippen LogP contribution in [0.5, 0.6) is 0 Å². The summed E-state index contributed by atoms with van der Waals surface area (Å²) in [6.45, 7) is 2.90. The SMILES string of the molecule is CC(CO)CCCNC1CCCC(C(F)(F)F)C1. The molecule has 0 aromatic heterocycles. The van der Waals surface area contributed by atoms with E-state index in [0.29, 0.717) is 6.42 Å². The first-order valence-electron chi connectivity index (χ1n) is 6.84. The maximum atomic E-state index is 12.6. The summed E-state index contributed by atoms with van der Waals surface area (Å²) < 4.78 is 37.8. The van der Waals surface area contributed by atoms with Crippen LogP contribution in [0.2, 0.25) is 0 Å². The average molecular weight is 267 g/mol. The second-order valence-corrected chi connectivity index (χ2v) is 5.49. The fourth-order valence-corrected chi connectivity index (χ4v) is 2.52. The van der Waals surface area contributed by atoms with Crippen molar-refractivity contribution in [3.05, 3.63) is 0 Å². The van der Waals surface area contributed by atoms with E-state index in [1.54, 1.807) is 0 Å². The van der Waals surface area contributed by atoms with Crippen molar-refractivity contribution in [1.82, 2.24) is 5.32 Å². The lowest BCUT2D eigenvalue weighted by molar-refractivity contribution is -0.183. The molecule has 0 saturated heterocycles. The Morgan fingerprint density at radius 3 is 2.67 bits per heavy atom. The van der Waals surface area contributed by atoms with Gasteiger partial charge in [0.05, 0.1) is 5.92 Å². The molecule has 0 amide bonds. The molecule has 2 nitrogen and oxygen atoms in total. The van der Waals surface area contributed by atoms with Crippen LogP contribution in [-0.2, 0) is 0 Å². The Labute approximate surface area is 107 Å². The number of hydrogen-bond donors (Lipinski definition) is 2.